The fraction of sp³-hybridized carbons (Fsp3) is 0.333. The second kappa shape index (κ2) is 6.36. The first kappa shape index (κ1) is 15.2. The predicted molar refractivity (Wildman–Crippen MR) is 73.5 cm³/mol. The summed E-state index contributed by atoms with van der Waals surface area (Å²) in [4.78, 5) is 23.0. The standard InChI is InChI=1S/C12H13BrO4S/c1-6(13)10(14)7-3-8(11(15)12(16)17)5-9(4-7)18-2/h3-6,11,15H,1-2H3,(H,16,17). The minimum Gasteiger partial charge on any atom is -0.479 e. The molecule has 0 aliphatic heterocycles. The number of carboxylic acid groups (broad SMARTS) is 1. The van der Waals surface area contributed by atoms with Gasteiger partial charge in [0.25, 0.3) is 0 Å². The van der Waals surface area contributed by atoms with Gasteiger partial charge >= 0.3 is 5.97 Å². The van der Waals surface area contributed by atoms with Crippen molar-refractivity contribution in [2.45, 2.75) is 22.8 Å². The van der Waals surface area contributed by atoms with Crippen molar-refractivity contribution < 1.29 is 19.8 Å². The number of benzene rings is 1. The fourth-order valence-corrected chi connectivity index (χ4v) is 2.18. The van der Waals surface area contributed by atoms with Gasteiger partial charge in [0.05, 0.1) is 4.83 Å². The van der Waals surface area contributed by atoms with Crippen LogP contribution < -0.4 is 0 Å². The molecule has 0 aromatic heterocycles. The normalized spacial score (nSPS) is 14.0. The molecular formula is C12H13BrO4S. The second-order valence-corrected chi connectivity index (χ2v) is 5.97. The number of aliphatic hydroxyl groups is 1. The number of carbonyl (C=O) groups excluding carboxylic acids is 1. The molecule has 0 saturated carbocycles. The number of Topliss-reactive ketones (excluding diaryl/α,β-unsaturated/α-hetero) is 1. The summed E-state index contributed by atoms with van der Waals surface area (Å²) in [6, 6.07) is 4.67. The zero-order valence-corrected chi connectivity index (χ0v) is 12.3. The highest BCUT2D eigenvalue weighted by Crippen LogP contribution is 2.25. The molecule has 0 fully saturated rings. The topological polar surface area (TPSA) is 74.6 Å². The third kappa shape index (κ3) is 3.57. The molecule has 2 unspecified atom stereocenters. The third-order valence-electron chi connectivity index (χ3n) is 2.36. The lowest BCUT2D eigenvalue weighted by Gasteiger charge is -2.11. The molecule has 0 saturated heterocycles. The second-order valence-electron chi connectivity index (χ2n) is 3.72. The van der Waals surface area contributed by atoms with E-state index in [-0.39, 0.29) is 16.2 Å². The van der Waals surface area contributed by atoms with Gasteiger partial charge in [0, 0.05) is 10.5 Å². The number of halogens is 1. The molecule has 0 bridgehead atoms. The number of alkyl halides is 1. The quantitative estimate of drug-likeness (QED) is 0.492. The maximum absolute atomic E-state index is 11.9. The number of aliphatic carboxylic acids is 1. The van der Waals surface area contributed by atoms with Crippen LogP contribution in [0.1, 0.15) is 28.9 Å². The summed E-state index contributed by atoms with van der Waals surface area (Å²) in [5, 5.41) is 18.3. The van der Waals surface area contributed by atoms with Crippen LogP contribution in [0.4, 0.5) is 0 Å². The van der Waals surface area contributed by atoms with E-state index < -0.39 is 12.1 Å². The van der Waals surface area contributed by atoms with Crippen molar-refractivity contribution in [3.63, 3.8) is 0 Å². The van der Waals surface area contributed by atoms with E-state index in [9.17, 15) is 14.7 Å². The maximum atomic E-state index is 11.9. The lowest BCUT2D eigenvalue weighted by molar-refractivity contribution is -0.146. The molecule has 0 aliphatic rings. The predicted octanol–water partition coefficient (Wildman–Crippen LogP) is 2.49. The smallest absolute Gasteiger partial charge is 0.337 e. The summed E-state index contributed by atoms with van der Waals surface area (Å²) < 4.78 is 0. The van der Waals surface area contributed by atoms with Gasteiger partial charge in [-0.25, -0.2) is 4.79 Å². The Morgan fingerprint density at radius 2 is 1.94 bits per heavy atom. The number of ketones is 1. The summed E-state index contributed by atoms with van der Waals surface area (Å²) in [7, 11) is 0. The minimum atomic E-state index is -1.62. The summed E-state index contributed by atoms with van der Waals surface area (Å²) in [6.45, 7) is 1.70. The first-order chi connectivity index (χ1) is 8.36. The van der Waals surface area contributed by atoms with E-state index in [2.05, 4.69) is 15.9 Å². The van der Waals surface area contributed by atoms with Crippen LogP contribution >= 0.6 is 27.7 Å². The molecule has 0 radical (unpaired) electrons. The van der Waals surface area contributed by atoms with Gasteiger partial charge in [-0.15, -0.1) is 11.8 Å². The monoisotopic (exact) mass is 332 g/mol. The largest absolute Gasteiger partial charge is 0.479 e. The Morgan fingerprint density at radius 1 is 1.33 bits per heavy atom. The number of hydrogen-bond donors (Lipinski definition) is 2. The number of aliphatic hydroxyl groups excluding tert-OH is 1. The zero-order valence-electron chi connectivity index (χ0n) is 9.88. The zero-order chi connectivity index (χ0) is 13.9. The van der Waals surface area contributed by atoms with Gasteiger partial charge in [-0.3, -0.25) is 4.79 Å². The highest BCUT2D eigenvalue weighted by atomic mass is 79.9. The average Bonchev–Trinajstić information content (AvgIpc) is 2.35. The Bertz CT molecular complexity index is 473. The lowest BCUT2D eigenvalue weighted by Crippen LogP contribution is -2.14. The molecular weight excluding hydrogens is 320 g/mol. The number of carboxylic acids is 1. The van der Waals surface area contributed by atoms with Gasteiger partial charge in [-0.2, -0.15) is 0 Å². The van der Waals surface area contributed by atoms with Crippen LogP contribution in [0.15, 0.2) is 23.1 Å². The fourth-order valence-electron chi connectivity index (χ4n) is 1.41. The Hall–Kier alpha value is -0.850. The molecule has 0 heterocycles. The van der Waals surface area contributed by atoms with Crippen LogP contribution in [0.3, 0.4) is 0 Å². The van der Waals surface area contributed by atoms with Crippen LogP contribution in [-0.4, -0.2) is 33.0 Å². The van der Waals surface area contributed by atoms with Crippen LogP contribution in [0, 0.1) is 0 Å². The summed E-state index contributed by atoms with van der Waals surface area (Å²) in [6.07, 6.45) is 0.201. The van der Waals surface area contributed by atoms with Crippen molar-refractivity contribution >= 4 is 39.4 Å². The van der Waals surface area contributed by atoms with Crippen molar-refractivity contribution in [1.82, 2.24) is 0 Å². The summed E-state index contributed by atoms with van der Waals surface area (Å²) in [5.41, 5.74) is 0.604. The van der Waals surface area contributed by atoms with Crippen molar-refractivity contribution in [3.8, 4) is 0 Å². The molecule has 4 nitrogen and oxygen atoms in total. The first-order valence-corrected chi connectivity index (χ1v) is 7.29. The molecule has 2 N–H and O–H groups in total. The third-order valence-corrected chi connectivity index (χ3v) is 3.48. The van der Waals surface area contributed by atoms with E-state index in [0.29, 0.717) is 5.56 Å². The van der Waals surface area contributed by atoms with Gasteiger partial charge < -0.3 is 10.2 Å². The molecule has 0 spiro atoms. The van der Waals surface area contributed by atoms with E-state index in [1.807, 2.05) is 6.26 Å². The molecule has 0 amide bonds. The van der Waals surface area contributed by atoms with Gasteiger partial charge in [-0.05, 0) is 36.9 Å². The molecule has 1 aromatic carbocycles. The highest BCUT2D eigenvalue weighted by Gasteiger charge is 2.20. The van der Waals surface area contributed by atoms with E-state index in [4.69, 9.17) is 5.11 Å². The van der Waals surface area contributed by atoms with Crippen LogP contribution in [0.2, 0.25) is 0 Å². The van der Waals surface area contributed by atoms with Crippen molar-refractivity contribution in [2.75, 3.05) is 6.26 Å². The number of thioether (sulfide) groups is 1. The average molecular weight is 333 g/mol. The van der Waals surface area contributed by atoms with Gasteiger partial charge in [0.2, 0.25) is 0 Å². The Morgan fingerprint density at radius 3 is 2.39 bits per heavy atom. The van der Waals surface area contributed by atoms with E-state index >= 15 is 0 Å². The Labute approximate surface area is 118 Å². The van der Waals surface area contributed by atoms with Crippen molar-refractivity contribution in [2.24, 2.45) is 0 Å². The molecule has 2 atom stereocenters. The van der Waals surface area contributed by atoms with Crippen molar-refractivity contribution in [1.29, 1.82) is 0 Å². The molecule has 98 valence electrons. The number of carbonyl (C=O) groups is 2. The van der Waals surface area contributed by atoms with E-state index in [1.165, 1.54) is 17.8 Å². The molecule has 6 heteroatoms. The lowest BCUT2D eigenvalue weighted by atomic mass is 10.0. The maximum Gasteiger partial charge on any atom is 0.337 e. The highest BCUT2D eigenvalue weighted by molar-refractivity contribution is 9.10. The number of hydrogen-bond acceptors (Lipinski definition) is 4. The van der Waals surface area contributed by atoms with E-state index in [0.717, 1.165) is 4.90 Å². The summed E-state index contributed by atoms with van der Waals surface area (Å²) >= 11 is 4.56. The Kier molecular flexibility index (Phi) is 5.37. The molecule has 1 aromatic rings. The van der Waals surface area contributed by atoms with Gasteiger partial charge in [0.15, 0.2) is 11.9 Å². The van der Waals surface area contributed by atoms with Gasteiger partial charge in [0.1, 0.15) is 0 Å². The van der Waals surface area contributed by atoms with Crippen LogP contribution in [0.25, 0.3) is 0 Å². The number of rotatable bonds is 5. The van der Waals surface area contributed by atoms with Crippen LogP contribution in [0.5, 0.6) is 0 Å². The first-order valence-electron chi connectivity index (χ1n) is 5.15. The Balaban J connectivity index is 3.25. The summed E-state index contributed by atoms with van der Waals surface area (Å²) in [5.74, 6) is -1.48. The van der Waals surface area contributed by atoms with E-state index in [1.54, 1.807) is 19.1 Å². The van der Waals surface area contributed by atoms with Crippen LogP contribution in [-0.2, 0) is 4.79 Å². The van der Waals surface area contributed by atoms with Crippen molar-refractivity contribution in [3.05, 3.63) is 29.3 Å². The molecule has 0 aliphatic carbocycles. The molecule has 1 rings (SSSR count). The minimum absolute atomic E-state index is 0.148. The molecule has 18 heavy (non-hydrogen) atoms. The SMILES string of the molecule is CSc1cc(C(=O)C(C)Br)cc(C(O)C(=O)O)c1. The van der Waals surface area contributed by atoms with Gasteiger partial charge in [-0.1, -0.05) is 15.9 Å².